The van der Waals surface area contributed by atoms with Gasteiger partial charge in [0, 0.05) is 5.03 Å². The topological polar surface area (TPSA) is 36.8 Å². The summed E-state index contributed by atoms with van der Waals surface area (Å²) >= 11 is 11.4. The van der Waals surface area contributed by atoms with Gasteiger partial charge in [-0.2, -0.15) is 5.48 Å². The summed E-state index contributed by atoms with van der Waals surface area (Å²) in [6.45, 7) is 5.22. The summed E-state index contributed by atoms with van der Waals surface area (Å²) < 4.78 is 0. The minimum absolute atomic E-state index is 0.400. The van der Waals surface area contributed by atoms with E-state index in [1.165, 1.54) is 12.3 Å². The smallest absolute Gasteiger partial charge is 0.144 e. The van der Waals surface area contributed by atoms with Crippen molar-refractivity contribution in [2.75, 3.05) is 0 Å². The lowest BCUT2D eigenvalue weighted by atomic mass is 10.2. The van der Waals surface area contributed by atoms with E-state index in [2.05, 4.69) is 6.58 Å². The predicted octanol–water partition coefficient (Wildman–Crippen LogP) is 1.72. The van der Waals surface area contributed by atoms with Crippen LogP contribution in [0.3, 0.4) is 0 Å². The van der Waals surface area contributed by atoms with Gasteiger partial charge in [0.15, 0.2) is 0 Å². The molecule has 0 heterocycles. The van der Waals surface area contributed by atoms with Gasteiger partial charge in [-0.15, -0.1) is 0 Å². The molecule has 0 saturated heterocycles. The van der Waals surface area contributed by atoms with E-state index in [4.69, 9.17) is 28.4 Å². The lowest BCUT2D eigenvalue weighted by Gasteiger charge is -1.97. The first-order chi connectivity index (χ1) is 5.13. The van der Waals surface area contributed by atoms with Gasteiger partial charge in [-0.05, 0) is 12.5 Å². The zero-order valence-corrected chi connectivity index (χ0v) is 7.65. The third-order valence-corrected chi connectivity index (χ3v) is 1.96. The first-order valence-corrected chi connectivity index (χ1v) is 3.71. The fourth-order valence-corrected chi connectivity index (χ4v) is 0.766. The number of quaternary nitrogens is 1. The molecule has 0 unspecified atom stereocenters. The zero-order chi connectivity index (χ0) is 8.85. The van der Waals surface area contributed by atoms with Crippen molar-refractivity contribution >= 4 is 23.2 Å². The standard InChI is InChI=1S/C7H9Cl2NO/c1-3-6(8)5(2)7(9)4-10-11/h3-4,10-11H,1H2,2H3/p+1. The van der Waals surface area contributed by atoms with E-state index in [0.29, 0.717) is 15.6 Å². The molecule has 62 valence electrons. The number of allylic oxidation sites excluding steroid dienone is 4. The van der Waals surface area contributed by atoms with Crippen LogP contribution in [0.15, 0.2) is 34.5 Å². The monoisotopic (exact) mass is 194 g/mol. The van der Waals surface area contributed by atoms with Crippen molar-refractivity contribution in [3.05, 3.63) is 34.5 Å². The van der Waals surface area contributed by atoms with Gasteiger partial charge in [0.2, 0.25) is 0 Å². The third kappa shape index (κ3) is 3.58. The molecule has 0 aromatic rings. The van der Waals surface area contributed by atoms with E-state index in [0.717, 1.165) is 5.48 Å². The van der Waals surface area contributed by atoms with Crippen LogP contribution < -0.4 is 5.48 Å². The fraction of sp³-hybridized carbons (Fsp3) is 0.143. The van der Waals surface area contributed by atoms with Crippen molar-refractivity contribution in [1.29, 1.82) is 0 Å². The van der Waals surface area contributed by atoms with Crippen LogP contribution in [-0.2, 0) is 0 Å². The van der Waals surface area contributed by atoms with Gasteiger partial charge >= 0.3 is 0 Å². The summed E-state index contributed by atoms with van der Waals surface area (Å²) in [6.07, 6.45) is 2.84. The van der Waals surface area contributed by atoms with Crippen molar-refractivity contribution in [2.45, 2.75) is 6.92 Å². The van der Waals surface area contributed by atoms with E-state index >= 15 is 0 Å². The van der Waals surface area contributed by atoms with Gasteiger partial charge in [-0.3, -0.25) is 0 Å². The molecule has 2 nitrogen and oxygen atoms in total. The van der Waals surface area contributed by atoms with E-state index in [9.17, 15) is 0 Å². The summed E-state index contributed by atoms with van der Waals surface area (Å²) in [6, 6.07) is 0. The van der Waals surface area contributed by atoms with Crippen LogP contribution in [-0.4, -0.2) is 5.21 Å². The molecule has 4 heteroatoms. The molecule has 0 saturated carbocycles. The molecule has 3 N–H and O–H groups in total. The Bertz CT molecular complexity index is 208. The molecular formula is C7H10Cl2NO+. The molecule has 0 aromatic heterocycles. The van der Waals surface area contributed by atoms with Gasteiger partial charge in [-0.1, -0.05) is 35.9 Å². The van der Waals surface area contributed by atoms with Crippen LogP contribution >= 0.6 is 23.2 Å². The Morgan fingerprint density at radius 1 is 1.55 bits per heavy atom. The highest BCUT2D eigenvalue weighted by atomic mass is 35.5. The Morgan fingerprint density at radius 2 is 2.09 bits per heavy atom. The highest BCUT2D eigenvalue weighted by molar-refractivity contribution is 6.36. The summed E-state index contributed by atoms with van der Waals surface area (Å²) in [4.78, 5) is 0. The Labute approximate surface area is 75.8 Å². The molecule has 0 atom stereocenters. The second-order valence-corrected chi connectivity index (χ2v) is 2.66. The average molecular weight is 195 g/mol. The molecule has 0 aliphatic heterocycles. The minimum Gasteiger partial charge on any atom is -0.216 e. The van der Waals surface area contributed by atoms with Crippen LogP contribution in [0.2, 0.25) is 0 Å². The Balaban J connectivity index is 4.59. The lowest BCUT2D eigenvalue weighted by molar-refractivity contribution is -0.838. The number of rotatable bonds is 3. The number of halogens is 2. The Hall–Kier alpha value is -0.280. The summed E-state index contributed by atoms with van der Waals surface area (Å²) in [7, 11) is 0. The quantitative estimate of drug-likeness (QED) is 0.522. The van der Waals surface area contributed by atoms with Crippen LogP contribution in [0.5, 0.6) is 0 Å². The molecule has 0 aliphatic carbocycles. The number of hydrogen-bond donors (Lipinski definition) is 2. The first kappa shape index (κ1) is 10.7. The van der Waals surface area contributed by atoms with Gasteiger partial charge < -0.3 is 0 Å². The SMILES string of the molecule is C=CC(Cl)=C(C)C(Cl)=C[NH2+]O. The third-order valence-electron chi connectivity index (χ3n) is 1.12. The largest absolute Gasteiger partial charge is 0.216 e. The average Bonchev–Trinajstić information content (AvgIpc) is 2.02. The molecule has 0 radical (unpaired) electrons. The van der Waals surface area contributed by atoms with Gasteiger partial charge in [-0.25, -0.2) is 5.21 Å². The van der Waals surface area contributed by atoms with E-state index in [1.807, 2.05) is 0 Å². The molecular weight excluding hydrogens is 185 g/mol. The van der Waals surface area contributed by atoms with Crippen LogP contribution in [0.1, 0.15) is 6.92 Å². The van der Waals surface area contributed by atoms with Crippen molar-refractivity contribution in [3.63, 3.8) is 0 Å². The first-order valence-electron chi connectivity index (χ1n) is 2.96. The number of hydrogen-bond acceptors (Lipinski definition) is 1. The molecule has 0 aromatic carbocycles. The van der Waals surface area contributed by atoms with Crippen molar-refractivity contribution < 1.29 is 10.7 Å². The zero-order valence-electron chi connectivity index (χ0n) is 6.14. The molecule has 11 heavy (non-hydrogen) atoms. The van der Waals surface area contributed by atoms with Crippen molar-refractivity contribution in [3.8, 4) is 0 Å². The maximum absolute atomic E-state index is 8.36. The Morgan fingerprint density at radius 3 is 2.45 bits per heavy atom. The summed E-state index contributed by atoms with van der Waals surface area (Å²) in [5, 5.41) is 9.24. The Kier molecular flexibility index (Phi) is 5.24. The maximum atomic E-state index is 8.36. The highest BCUT2D eigenvalue weighted by Crippen LogP contribution is 2.19. The summed E-state index contributed by atoms with van der Waals surface area (Å²) in [5.41, 5.74) is 1.55. The molecule has 0 amide bonds. The van der Waals surface area contributed by atoms with Gasteiger partial charge in [0.05, 0.1) is 0 Å². The number of nitrogens with two attached hydrogens (primary N) is 1. The van der Waals surface area contributed by atoms with E-state index in [1.54, 1.807) is 6.92 Å². The maximum Gasteiger partial charge on any atom is 0.144 e. The second-order valence-electron chi connectivity index (χ2n) is 1.84. The molecule has 0 fully saturated rings. The highest BCUT2D eigenvalue weighted by Gasteiger charge is 2.00. The normalized spacial score (nSPS) is 14.4. The van der Waals surface area contributed by atoms with Crippen molar-refractivity contribution in [1.82, 2.24) is 0 Å². The van der Waals surface area contributed by atoms with Crippen LogP contribution in [0, 0.1) is 0 Å². The molecule has 0 spiro atoms. The minimum atomic E-state index is 0.400. The van der Waals surface area contributed by atoms with Gasteiger partial charge in [0.1, 0.15) is 11.2 Å². The number of hydroxylamine groups is 1. The molecule has 0 rings (SSSR count). The lowest BCUT2D eigenvalue weighted by Crippen LogP contribution is -2.73. The predicted molar refractivity (Wildman–Crippen MR) is 46.4 cm³/mol. The summed E-state index contributed by atoms with van der Waals surface area (Å²) in [5.74, 6) is 0. The molecule has 0 aliphatic rings. The van der Waals surface area contributed by atoms with E-state index < -0.39 is 0 Å². The van der Waals surface area contributed by atoms with Crippen LogP contribution in [0.25, 0.3) is 0 Å². The second kappa shape index (κ2) is 5.38. The van der Waals surface area contributed by atoms with E-state index in [-0.39, 0.29) is 0 Å². The van der Waals surface area contributed by atoms with Crippen LogP contribution in [0.4, 0.5) is 0 Å². The fourth-order valence-electron chi connectivity index (χ4n) is 0.458. The molecule has 0 bridgehead atoms. The van der Waals surface area contributed by atoms with Crippen molar-refractivity contribution in [2.24, 2.45) is 0 Å². The van der Waals surface area contributed by atoms with Gasteiger partial charge in [0.25, 0.3) is 0 Å².